The maximum absolute atomic E-state index is 12.0. The molecule has 7 nitrogen and oxygen atoms in total. The standard InChI is InChI=1S/C14H19NO6.Na/c1-5-20-13(18)9-7(3)15-8(4)10(11(9)12(16)17)14(19)21-6-2;/h11,15H,5-6H2,1-4H3,(H,16,17);. The molecule has 1 aliphatic rings. The van der Waals surface area contributed by atoms with E-state index in [2.05, 4.69) is 5.32 Å². The molecular formula is C14H19NNaO6. The van der Waals surface area contributed by atoms with Gasteiger partial charge in [-0.25, -0.2) is 9.59 Å². The first-order chi connectivity index (χ1) is 9.84. The van der Waals surface area contributed by atoms with Crippen molar-refractivity contribution in [3.8, 4) is 0 Å². The molecular weight excluding hydrogens is 301 g/mol. The van der Waals surface area contributed by atoms with E-state index in [-0.39, 0.29) is 53.9 Å². The molecule has 0 saturated heterocycles. The van der Waals surface area contributed by atoms with Crippen LogP contribution in [-0.2, 0) is 23.9 Å². The number of carboxylic acids is 1. The molecule has 0 unspecified atom stereocenters. The molecule has 0 aromatic heterocycles. The van der Waals surface area contributed by atoms with Crippen molar-refractivity contribution in [2.24, 2.45) is 5.92 Å². The molecule has 1 aliphatic heterocycles. The Labute approximate surface area is 151 Å². The molecule has 0 saturated carbocycles. The molecule has 0 aromatic rings. The van der Waals surface area contributed by atoms with Crippen molar-refractivity contribution in [2.45, 2.75) is 27.7 Å². The summed E-state index contributed by atoms with van der Waals surface area (Å²) in [4.78, 5) is 35.6. The van der Waals surface area contributed by atoms with Crippen LogP contribution in [0.3, 0.4) is 0 Å². The number of carboxylic acid groups (broad SMARTS) is 1. The first-order valence-electron chi connectivity index (χ1n) is 6.60. The average Bonchev–Trinajstić information content (AvgIpc) is 2.37. The van der Waals surface area contributed by atoms with Crippen molar-refractivity contribution in [2.75, 3.05) is 13.2 Å². The predicted molar refractivity (Wildman–Crippen MR) is 78.7 cm³/mol. The van der Waals surface area contributed by atoms with Crippen molar-refractivity contribution in [3.05, 3.63) is 22.5 Å². The maximum Gasteiger partial charge on any atom is 0.337 e. The van der Waals surface area contributed by atoms with Gasteiger partial charge in [-0.1, -0.05) is 0 Å². The van der Waals surface area contributed by atoms with Gasteiger partial charge < -0.3 is 19.9 Å². The van der Waals surface area contributed by atoms with E-state index in [1.165, 1.54) is 0 Å². The summed E-state index contributed by atoms with van der Waals surface area (Å²) in [5.41, 5.74) is 0.536. The van der Waals surface area contributed by atoms with Gasteiger partial charge in [-0.2, -0.15) is 0 Å². The van der Waals surface area contributed by atoms with Gasteiger partial charge in [-0.15, -0.1) is 0 Å². The van der Waals surface area contributed by atoms with E-state index < -0.39 is 23.8 Å². The van der Waals surface area contributed by atoms with Crippen LogP contribution in [0.5, 0.6) is 0 Å². The van der Waals surface area contributed by atoms with Crippen LogP contribution in [0.4, 0.5) is 0 Å². The third kappa shape index (κ3) is 4.34. The number of nitrogens with one attached hydrogen (secondary N) is 1. The van der Waals surface area contributed by atoms with Gasteiger partial charge in [-0.05, 0) is 27.7 Å². The van der Waals surface area contributed by atoms with Gasteiger partial charge >= 0.3 is 17.9 Å². The maximum atomic E-state index is 12.0. The number of esters is 2. The number of hydrogen-bond donors (Lipinski definition) is 2. The van der Waals surface area contributed by atoms with Crippen LogP contribution >= 0.6 is 0 Å². The number of aliphatic carboxylic acids is 1. The van der Waals surface area contributed by atoms with Gasteiger partial charge in [0.05, 0.1) is 24.4 Å². The molecule has 0 aromatic carbocycles. The number of dihydropyridines is 1. The van der Waals surface area contributed by atoms with Gasteiger partial charge in [0, 0.05) is 41.0 Å². The summed E-state index contributed by atoms with van der Waals surface area (Å²) in [7, 11) is 0. The molecule has 117 valence electrons. The Morgan fingerprint density at radius 2 is 1.36 bits per heavy atom. The summed E-state index contributed by atoms with van der Waals surface area (Å²) in [5, 5.41) is 12.3. The van der Waals surface area contributed by atoms with E-state index in [9.17, 15) is 19.5 Å². The van der Waals surface area contributed by atoms with Crippen LogP contribution in [0.15, 0.2) is 22.5 Å². The van der Waals surface area contributed by atoms with Crippen molar-refractivity contribution in [1.82, 2.24) is 5.32 Å². The first kappa shape index (κ1) is 20.7. The molecule has 0 aliphatic carbocycles. The number of carbonyl (C=O) groups is 3. The largest absolute Gasteiger partial charge is 0.481 e. The van der Waals surface area contributed by atoms with E-state index in [1.54, 1.807) is 27.7 Å². The van der Waals surface area contributed by atoms with Crippen LogP contribution in [0, 0.1) is 5.92 Å². The quantitative estimate of drug-likeness (QED) is 0.564. The summed E-state index contributed by atoms with van der Waals surface area (Å²) in [6.07, 6.45) is 0. The third-order valence-corrected chi connectivity index (χ3v) is 3.00. The average molecular weight is 320 g/mol. The van der Waals surface area contributed by atoms with Gasteiger partial charge in [0.2, 0.25) is 0 Å². The minimum atomic E-state index is -1.40. The van der Waals surface area contributed by atoms with Crippen LogP contribution in [0.1, 0.15) is 27.7 Å². The Morgan fingerprint density at radius 3 is 1.64 bits per heavy atom. The number of hydrogen-bond acceptors (Lipinski definition) is 6. The minimum Gasteiger partial charge on any atom is -0.481 e. The number of ether oxygens (including phenoxy) is 2. The van der Waals surface area contributed by atoms with Crippen molar-refractivity contribution in [1.29, 1.82) is 0 Å². The zero-order chi connectivity index (χ0) is 16.2. The summed E-state index contributed by atoms with van der Waals surface area (Å²) in [6.45, 7) is 6.58. The van der Waals surface area contributed by atoms with E-state index in [0.29, 0.717) is 11.4 Å². The zero-order valence-electron chi connectivity index (χ0n) is 13.5. The van der Waals surface area contributed by atoms with Crippen LogP contribution in [0.25, 0.3) is 0 Å². The smallest absolute Gasteiger partial charge is 0.337 e. The van der Waals surface area contributed by atoms with Crippen LogP contribution < -0.4 is 5.32 Å². The van der Waals surface area contributed by atoms with Crippen molar-refractivity contribution >= 4 is 47.5 Å². The van der Waals surface area contributed by atoms with Gasteiger partial charge in [0.1, 0.15) is 5.92 Å². The van der Waals surface area contributed by atoms with Gasteiger partial charge in [0.15, 0.2) is 0 Å². The molecule has 0 spiro atoms. The second kappa shape index (κ2) is 8.97. The zero-order valence-corrected chi connectivity index (χ0v) is 15.5. The second-order valence-electron chi connectivity index (χ2n) is 4.41. The topological polar surface area (TPSA) is 102 Å². The Hall–Kier alpha value is -1.31. The molecule has 1 heterocycles. The Kier molecular flexibility index (Phi) is 8.44. The molecule has 2 N–H and O–H groups in total. The van der Waals surface area contributed by atoms with Gasteiger partial charge in [-0.3, -0.25) is 4.79 Å². The summed E-state index contributed by atoms with van der Waals surface area (Å²) < 4.78 is 9.76. The Balaban J connectivity index is 0.00000441. The minimum absolute atomic E-state index is 0. The van der Waals surface area contributed by atoms with Crippen LogP contribution in [0.2, 0.25) is 0 Å². The summed E-state index contributed by atoms with van der Waals surface area (Å²) in [5.74, 6) is -4.22. The fourth-order valence-corrected chi connectivity index (χ4v) is 2.20. The Morgan fingerprint density at radius 1 is 1.00 bits per heavy atom. The monoisotopic (exact) mass is 320 g/mol. The van der Waals surface area contributed by atoms with E-state index >= 15 is 0 Å². The predicted octanol–water partition coefficient (Wildman–Crippen LogP) is 0.584. The molecule has 0 atom stereocenters. The van der Waals surface area contributed by atoms with E-state index in [1.807, 2.05) is 0 Å². The third-order valence-electron chi connectivity index (χ3n) is 3.00. The fraction of sp³-hybridized carbons (Fsp3) is 0.500. The van der Waals surface area contributed by atoms with Crippen LogP contribution in [-0.4, -0.2) is 65.8 Å². The molecule has 0 amide bonds. The SMILES string of the molecule is CCOC(=O)C1=C(C)NC(C)=C(C(=O)OCC)C1C(=O)O.[Na]. The van der Waals surface area contributed by atoms with Gasteiger partial charge in [0.25, 0.3) is 0 Å². The molecule has 1 radical (unpaired) electrons. The fourth-order valence-electron chi connectivity index (χ4n) is 2.20. The number of rotatable bonds is 5. The molecule has 0 bridgehead atoms. The molecule has 1 rings (SSSR count). The molecule has 22 heavy (non-hydrogen) atoms. The van der Waals surface area contributed by atoms with Crippen molar-refractivity contribution < 1.29 is 29.0 Å². The van der Waals surface area contributed by atoms with E-state index in [4.69, 9.17) is 9.47 Å². The molecule has 8 heteroatoms. The summed E-state index contributed by atoms with van der Waals surface area (Å²) >= 11 is 0. The second-order valence-corrected chi connectivity index (χ2v) is 4.41. The number of carbonyl (C=O) groups excluding carboxylic acids is 2. The molecule has 0 fully saturated rings. The van der Waals surface area contributed by atoms with Crippen molar-refractivity contribution in [3.63, 3.8) is 0 Å². The number of allylic oxidation sites excluding steroid dienone is 2. The summed E-state index contributed by atoms with van der Waals surface area (Å²) in [6, 6.07) is 0. The normalized spacial score (nSPS) is 14.9. The van der Waals surface area contributed by atoms with E-state index in [0.717, 1.165) is 0 Å². The first-order valence-corrected chi connectivity index (χ1v) is 6.60. The Bertz CT molecular complexity index is 497.